The van der Waals surface area contributed by atoms with Gasteiger partial charge in [0, 0.05) is 10.7 Å². The van der Waals surface area contributed by atoms with Gasteiger partial charge in [-0.05, 0) is 12.1 Å². The molecule has 0 unspecified atom stereocenters. The lowest BCUT2D eigenvalue weighted by atomic mass is 10.3. The van der Waals surface area contributed by atoms with Crippen LogP contribution >= 0.6 is 10.7 Å². The second-order valence-corrected chi connectivity index (χ2v) is 5.07. The average molecular weight is 221 g/mol. The molecule has 1 aromatic rings. The van der Waals surface area contributed by atoms with Gasteiger partial charge < -0.3 is 9.47 Å². The summed E-state index contributed by atoms with van der Waals surface area (Å²) in [4.78, 5) is 0. The number of para-hydroxylation sites is 2. The van der Waals surface area contributed by atoms with E-state index in [1.807, 2.05) is 0 Å². The summed E-state index contributed by atoms with van der Waals surface area (Å²) in [5, 5.41) is 0. The van der Waals surface area contributed by atoms with Crippen LogP contribution in [0.1, 0.15) is 0 Å². The molecule has 0 spiro atoms. The van der Waals surface area contributed by atoms with Crippen molar-refractivity contribution in [2.45, 2.75) is 5.62 Å². The predicted molar refractivity (Wildman–Crippen MR) is 46.3 cm³/mol. The summed E-state index contributed by atoms with van der Waals surface area (Å²) >= 11 is 0. The molecule has 1 heterocycles. The van der Waals surface area contributed by atoms with Crippen LogP contribution in [0.25, 0.3) is 0 Å². The SMILES string of the molecule is O=S(=O)(Cl)C1Oc2ccccc2O1. The first-order valence-corrected chi connectivity index (χ1v) is 5.80. The summed E-state index contributed by atoms with van der Waals surface area (Å²) in [5.41, 5.74) is -1.42. The van der Waals surface area contributed by atoms with E-state index in [4.69, 9.17) is 20.2 Å². The monoisotopic (exact) mass is 220 g/mol. The van der Waals surface area contributed by atoms with Gasteiger partial charge in [0.25, 0.3) is 0 Å². The minimum Gasteiger partial charge on any atom is -0.437 e. The van der Waals surface area contributed by atoms with E-state index in [9.17, 15) is 8.42 Å². The van der Waals surface area contributed by atoms with Gasteiger partial charge in [0.1, 0.15) is 0 Å². The Bertz CT molecular complexity index is 403. The standard InChI is InChI=1S/C7H5ClO4S/c8-13(9,10)7-11-5-3-1-2-4-6(5)12-7/h1-4,7H. The Labute approximate surface area is 79.5 Å². The first-order chi connectivity index (χ1) is 6.07. The second kappa shape index (κ2) is 2.78. The Morgan fingerprint density at radius 3 is 2.00 bits per heavy atom. The van der Waals surface area contributed by atoms with Crippen molar-refractivity contribution in [3.63, 3.8) is 0 Å². The molecule has 0 atom stereocenters. The fourth-order valence-corrected chi connectivity index (χ4v) is 1.65. The zero-order valence-electron chi connectivity index (χ0n) is 6.31. The lowest BCUT2D eigenvalue weighted by Crippen LogP contribution is -2.24. The predicted octanol–water partition coefficient (Wildman–Crippen LogP) is 1.31. The highest BCUT2D eigenvalue weighted by Crippen LogP contribution is 2.36. The molecule has 0 saturated heterocycles. The summed E-state index contributed by atoms with van der Waals surface area (Å²) in [5.74, 6) is 0.772. The summed E-state index contributed by atoms with van der Waals surface area (Å²) in [6.07, 6.45) is 0. The number of hydrogen-bond acceptors (Lipinski definition) is 4. The molecule has 70 valence electrons. The Hall–Kier alpha value is -0.940. The number of halogens is 1. The number of rotatable bonds is 1. The van der Waals surface area contributed by atoms with Crippen molar-refractivity contribution < 1.29 is 17.9 Å². The van der Waals surface area contributed by atoms with Crippen molar-refractivity contribution >= 4 is 19.7 Å². The van der Waals surface area contributed by atoms with Crippen LogP contribution in [0.15, 0.2) is 24.3 Å². The van der Waals surface area contributed by atoms with Crippen molar-refractivity contribution in [1.29, 1.82) is 0 Å². The number of ether oxygens (including phenoxy) is 2. The maximum absolute atomic E-state index is 10.8. The Morgan fingerprint density at radius 1 is 1.15 bits per heavy atom. The van der Waals surface area contributed by atoms with Crippen molar-refractivity contribution in [2.24, 2.45) is 0 Å². The molecule has 0 bridgehead atoms. The zero-order chi connectivity index (χ0) is 9.47. The second-order valence-electron chi connectivity index (χ2n) is 2.45. The molecule has 1 aliphatic heterocycles. The summed E-state index contributed by atoms with van der Waals surface area (Å²) in [6.45, 7) is 0. The third-order valence-corrected chi connectivity index (χ3v) is 2.61. The van der Waals surface area contributed by atoms with Gasteiger partial charge in [-0.2, -0.15) is 0 Å². The summed E-state index contributed by atoms with van der Waals surface area (Å²) in [7, 11) is 1.21. The number of hydrogen-bond donors (Lipinski definition) is 0. The van der Waals surface area contributed by atoms with Crippen LogP contribution in [-0.4, -0.2) is 14.0 Å². The average Bonchev–Trinajstić information content (AvgIpc) is 2.45. The van der Waals surface area contributed by atoms with E-state index in [-0.39, 0.29) is 0 Å². The molecule has 0 saturated carbocycles. The van der Waals surface area contributed by atoms with Crippen LogP contribution < -0.4 is 9.47 Å². The molecule has 2 rings (SSSR count). The first-order valence-electron chi connectivity index (χ1n) is 3.43. The van der Waals surface area contributed by atoms with Crippen LogP contribution in [0.5, 0.6) is 11.5 Å². The van der Waals surface area contributed by atoms with E-state index in [0.717, 1.165) is 0 Å². The topological polar surface area (TPSA) is 52.6 Å². The highest BCUT2D eigenvalue weighted by Gasteiger charge is 2.34. The Kier molecular flexibility index (Phi) is 1.85. The molecule has 13 heavy (non-hydrogen) atoms. The van der Waals surface area contributed by atoms with Gasteiger partial charge in [-0.15, -0.1) is 0 Å². The Morgan fingerprint density at radius 2 is 1.62 bits per heavy atom. The normalized spacial score (nSPS) is 16.1. The molecule has 0 radical (unpaired) electrons. The van der Waals surface area contributed by atoms with Gasteiger partial charge in [-0.25, -0.2) is 8.42 Å². The minimum atomic E-state index is -3.84. The third-order valence-electron chi connectivity index (χ3n) is 1.53. The molecule has 1 aliphatic rings. The zero-order valence-corrected chi connectivity index (χ0v) is 7.88. The fourth-order valence-electron chi connectivity index (χ4n) is 0.991. The molecular weight excluding hydrogens is 216 g/mol. The molecule has 0 fully saturated rings. The van der Waals surface area contributed by atoms with Gasteiger partial charge in [-0.3, -0.25) is 0 Å². The van der Waals surface area contributed by atoms with Gasteiger partial charge in [0.15, 0.2) is 11.5 Å². The molecular formula is C7H5ClO4S. The molecule has 0 aliphatic carbocycles. The molecule has 0 N–H and O–H groups in total. The van der Waals surface area contributed by atoms with E-state index < -0.39 is 14.7 Å². The van der Waals surface area contributed by atoms with Crippen LogP contribution in [0.4, 0.5) is 0 Å². The van der Waals surface area contributed by atoms with Gasteiger partial charge in [0.05, 0.1) is 0 Å². The first kappa shape index (κ1) is 8.65. The quantitative estimate of drug-likeness (QED) is 0.670. The largest absolute Gasteiger partial charge is 0.437 e. The molecule has 0 amide bonds. The van der Waals surface area contributed by atoms with Crippen molar-refractivity contribution in [1.82, 2.24) is 0 Å². The lowest BCUT2D eigenvalue weighted by Gasteiger charge is -2.04. The maximum atomic E-state index is 10.8. The fraction of sp³-hybridized carbons (Fsp3) is 0.143. The highest BCUT2D eigenvalue weighted by atomic mass is 35.7. The molecule has 4 nitrogen and oxygen atoms in total. The van der Waals surface area contributed by atoms with Gasteiger partial charge >= 0.3 is 14.7 Å². The van der Waals surface area contributed by atoms with E-state index in [1.165, 1.54) is 0 Å². The van der Waals surface area contributed by atoms with Crippen molar-refractivity contribution in [3.05, 3.63) is 24.3 Å². The van der Waals surface area contributed by atoms with Crippen LogP contribution in [-0.2, 0) is 9.05 Å². The molecule has 0 aromatic heterocycles. The maximum Gasteiger partial charge on any atom is 0.360 e. The van der Waals surface area contributed by atoms with Gasteiger partial charge in [-0.1, -0.05) is 12.1 Å². The summed E-state index contributed by atoms with van der Waals surface area (Å²) < 4.78 is 31.5. The van der Waals surface area contributed by atoms with Crippen molar-refractivity contribution in [3.8, 4) is 11.5 Å². The lowest BCUT2D eigenvalue weighted by molar-refractivity contribution is 0.127. The highest BCUT2D eigenvalue weighted by molar-refractivity contribution is 8.14. The van der Waals surface area contributed by atoms with E-state index >= 15 is 0 Å². The van der Waals surface area contributed by atoms with Crippen molar-refractivity contribution in [2.75, 3.05) is 0 Å². The van der Waals surface area contributed by atoms with Crippen LogP contribution in [0, 0.1) is 0 Å². The summed E-state index contributed by atoms with van der Waals surface area (Å²) in [6, 6.07) is 6.64. The number of benzene rings is 1. The minimum absolute atomic E-state index is 0.386. The van der Waals surface area contributed by atoms with E-state index in [2.05, 4.69) is 0 Å². The molecule has 6 heteroatoms. The van der Waals surface area contributed by atoms with E-state index in [0.29, 0.717) is 11.5 Å². The van der Waals surface area contributed by atoms with E-state index in [1.54, 1.807) is 24.3 Å². The van der Waals surface area contributed by atoms with Crippen LogP contribution in [0.3, 0.4) is 0 Å². The smallest absolute Gasteiger partial charge is 0.360 e. The molecule has 1 aromatic carbocycles. The number of fused-ring (bicyclic) bond motifs is 1. The van der Waals surface area contributed by atoms with Crippen LogP contribution in [0.2, 0.25) is 0 Å². The third kappa shape index (κ3) is 1.57. The Balaban J connectivity index is 2.33. The van der Waals surface area contributed by atoms with Gasteiger partial charge in [0.2, 0.25) is 0 Å².